The van der Waals surface area contributed by atoms with Crippen LogP contribution in [0.4, 0.5) is 0 Å². The Morgan fingerprint density at radius 3 is 3.00 bits per heavy atom. The molecule has 1 saturated heterocycles. The first-order chi connectivity index (χ1) is 7.79. The van der Waals surface area contributed by atoms with Gasteiger partial charge in [0.05, 0.1) is 6.54 Å². The quantitative estimate of drug-likeness (QED) is 0.900. The van der Waals surface area contributed by atoms with Gasteiger partial charge >= 0.3 is 0 Å². The average Bonchev–Trinajstić information content (AvgIpc) is 2.67. The van der Waals surface area contributed by atoms with Crippen LogP contribution in [-0.2, 0) is 6.54 Å². The average molecular weight is 262 g/mol. The normalized spacial score (nSPS) is 22.5. The second kappa shape index (κ2) is 5.91. The molecule has 0 amide bonds. The van der Waals surface area contributed by atoms with Gasteiger partial charge in [0.15, 0.2) is 0 Å². The molecular weight excluding hydrogens is 246 g/mol. The first-order valence-corrected chi connectivity index (χ1v) is 6.82. The van der Waals surface area contributed by atoms with E-state index in [0.29, 0.717) is 10.5 Å². The maximum atomic E-state index is 9.03. The van der Waals surface area contributed by atoms with Gasteiger partial charge in [-0.15, -0.1) is 10.2 Å². The summed E-state index contributed by atoms with van der Waals surface area (Å²) < 4.78 is 0.505. The molecule has 4 nitrogen and oxygen atoms in total. The van der Waals surface area contributed by atoms with Crippen LogP contribution >= 0.6 is 22.9 Å². The molecule has 6 heteroatoms. The Balaban J connectivity index is 1.95. The number of aliphatic hydroxyl groups excluding tert-OH is 1. The Morgan fingerprint density at radius 1 is 1.44 bits per heavy atom. The largest absolute Gasteiger partial charge is 0.396 e. The lowest BCUT2D eigenvalue weighted by Crippen LogP contribution is -2.39. The highest BCUT2D eigenvalue weighted by Gasteiger charge is 2.22. The molecule has 0 saturated carbocycles. The van der Waals surface area contributed by atoms with Gasteiger partial charge in [-0.25, -0.2) is 0 Å². The zero-order chi connectivity index (χ0) is 11.4. The zero-order valence-electron chi connectivity index (χ0n) is 9.10. The number of halogens is 1. The number of likely N-dealkylation sites (tertiary alicyclic amines) is 1. The molecule has 2 heterocycles. The third-order valence-electron chi connectivity index (χ3n) is 2.99. The number of hydrogen-bond acceptors (Lipinski definition) is 5. The number of aromatic nitrogens is 2. The molecule has 1 atom stereocenters. The van der Waals surface area contributed by atoms with Crippen LogP contribution < -0.4 is 0 Å². The smallest absolute Gasteiger partial charge is 0.207 e. The third-order valence-corrected chi connectivity index (χ3v) is 4.00. The zero-order valence-corrected chi connectivity index (χ0v) is 10.7. The van der Waals surface area contributed by atoms with Gasteiger partial charge < -0.3 is 5.11 Å². The molecule has 0 bridgehead atoms. The van der Waals surface area contributed by atoms with E-state index in [0.717, 1.165) is 24.5 Å². The summed E-state index contributed by atoms with van der Waals surface area (Å²) in [5.74, 6) is 0. The Kier molecular flexibility index (Phi) is 4.52. The molecule has 1 aromatic rings. The maximum absolute atomic E-state index is 9.03. The summed E-state index contributed by atoms with van der Waals surface area (Å²) in [6.45, 7) is 2.16. The van der Waals surface area contributed by atoms with E-state index >= 15 is 0 Å². The van der Waals surface area contributed by atoms with E-state index in [1.165, 1.54) is 30.6 Å². The van der Waals surface area contributed by atoms with Gasteiger partial charge in [-0.05, 0) is 37.4 Å². The lowest BCUT2D eigenvalue weighted by atomic mass is 10.00. The van der Waals surface area contributed by atoms with Crippen molar-refractivity contribution < 1.29 is 5.11 Å². The highest BCUT2D eigenvalue weighted by atomic mass is 35.5. The third kappa shape index (κ3) is 3.13. The van der Waals surface area contributed by atoms with E-state index in [9.17, 15) is 0 Å². The Bertz CT molecular complexity index is 332. The topological polar surface area (TPSA) is 49.2 Å². The minimum Gasteiger partial charge on any atom is -0.396 e. The van der Waals surface area contributed by atoms with Crippen LogP contribution in [0, 0.1) is 0 Å². The van der Waals surface area contributed by atoms with Gasteiger partial charge in [0.25, 0.3) is 0 Å². The number of aliphatic hydroxyl groups is 1. The van der Waals surface area contributed by atoms with Gasteiger partial charge in [0.1, 0.15) is 5.01 Å². The van der Waals surface area contributed by atoms with E-state index in [1.807, 2.05) is 0 Å². The summed E-state index contributed by atoms with van der Waals surface area (Å²) in [7, 11) is 0. The van der Waals surface area contributed by atoms with Crippen molar-refractivity contribution in [3.8, 4) is 0 Å². The standard InChI is InChI=1S/C10H16ClN3OS/c11-10-13-12-9(16-10)7-14-5-2-1-3-8(14)4-6-15/h8,15H,1-7H2. The monoisotopic (exact) mass is 261 g/mol. The van der Waals surface area contributed by atoms with Gasteiger partial charge in [0, 0.05) is 12.6 Å². The Hall–Kier alpha value is -0.230. The van der Waals surface area contributed by atoms with Crippen LogP contribution in [0.3, 0.4) is 0 Å². The van der Waals surface area contributed by atoms with E-state index in [2.05, 4.69) is 15.1 Å². The van der Waals surface area contributed by atoms with E-state index < -0.39 is 0 Å². The minimum absolute atomic E-state index is 0.262. The fourth-order valence-corrected chi connectivity index (χ4v) is 3.11. The molecule has 1 N–H and O–H groups in total. The van der Waals surface area contributed by atoms with Crippen molar-refractivity contribution in [2.24, 2.45) is 0 Å². The van der Waals surface area contributed by atoms with E-state index in [1.54, 1.807) is 0 Å². The van der Waals surface area contributed by atoms with Crippen molar-refractivity contribution in [3.05, 3.63) is 9.47 Å². The molecule has 0 radical (unpaired) electrons. The highest BCUT2D eigenvalue weighted by Crippen LogP contribution is 2.23. The predicted molar refractivity (Wildman–Crippen MR) is 64.7 cm³/mol. The second-order valence-electron chi connectivity index (χ2n) is 4.08. The summed E-state index contributed by atoms with van der Waals surface area (Å²) in [5.41, 5.74) is 0. The molecule has 0 aliphatic carbocycles. The van der Waals surface area contributed by atoms with Crippen LogP contribution in [0.25, 0.3) is 0 Å². The SMILES string of the molecule is OCCC1CCCCN1Cc1nnc(Cl)s1. The summed E-state index contributed by atoms with van der Waals surface area (Å²) in [6, 6.07) is 0.487. The number of rotatable bonds is 4. The molecule has 2 rings (SSSR count). The van der Waals surface area contributed by atoms with E-state index in [-0.39, 0.29) is 6.61 Å². The van der Waals surface area contributed by atoms with E-state index in [4.69, 9.17) is 16.7 Å². The molecule has 1 aromatic heterocycles. The predicted octanol–water partition coefficient (Wildman–Crippen LogP) is 1.93. The highest BCUT2D eigenvalue weighted by molar-refractivity contribution is 7.15. The van der Waals surface area contributed by atoms with Crippen molar-refractivity contribution in [3.63, 3.8) is 0 Å². The Labute approximate surface area is 104 Å². The minimum atomic E-state index is 0.262. The molecular formula is C10H16ClN3OS. The van der Waals surface area contributed by atoms with Gasteiger partial charge in [-0.1, -0.05) is 17.8 Å². The lowest BCUT2D eigenvalue weighted by molar-refractivity contribution is 0.112. The maximum Gasteiger partial charge on any atom is 0.207 e. The van der Waals surface area contributed by atoms with Gasteiger partial charge in [-0.2, -0.15) is 0 Å². The lowest BCUT2D eigenvalue weighted by Gasteiger charge is -2.34. The Morgan fingerprint density at radius 2 is 2.31 bits per heavy atom. The molecule has 1 unspecified atom stereocenters. The number of nitrogens with zero attached hydrogens (tertiary/aromatic N) is 3. The van der Waals surface area contributed by atoms with Crippen LogP contribution in [0.1, 0.15) is 30.7 Å². The second-order valence-corrected chi connectivity index (χ2v) is 5.73. The molecule has 16 heavy (non-hydrogen) atoms. The molecule has 1 aliphatic rings. The summed E-state index contributed by atoms with van der Waals surface area (Å²) in [5, 5.41) is 17.8. The van der Waals surface area contributed by atoms with Crippen molar-refractivity contribution in [1.29, 1.82) is 0 Å². The fourth-order valence-electron chi connectivity index (χ4n) is 2.21. The molecule has 1 fully saturated rings. The van der Waals surface area contributed by atoms with Crippen molar-refractivity contribution in [2.75, 3.05) is 13.2 Å². The number of hydrogen-bond donors (Lipinski definition) is 1. The first-order valence-electron chi connectivity index (χ1n) is 5.62. The summed E-state index contributed by atoms with van der Waals surface area (Å²) >= 11 is 7.20. The fraction of sp³-hybridized carbons (Fsp3) is 0.800. The summed E-state index contributed by atoms with van der Waals surface area (Å²) in [4.78, 5) is 2.39. The molecule has 1 aliphatic heterocycles. The van der Waals surface area contributed by atoms with Crippen LogP contribution in [0.15, 0.2) is 0 Å². The van der Waals surface area contributed by atoms with Crippen LogP contribution in [0.2, 0.25) is 4.47 Å². The van der Waals surface area contributed by atoms with Gasteiger partial charge in [0.2, 0.25) is 4.47 Å². The van der Waals surface area contributed by atoms with Crippen molar-refractivity contribution in [2.45, 2.75) is 38.3 Å². The van der Waals surface area contributed by atoms with Crippen molar-refractivity contribution in [1.82, 2.24) is 15.1 Å². The molecule has 0 aromatic carbocycles. The first kappa shape index (κ1) is 12.2. The number of piperidine rings is 1. The van der Waals surface area contributed by atoms with Gasteiger partial charge in [-0.3, -0.25) is 4.90 Å². The van der Waals surface area contributed by atoms with Crippen LogP contribution in [0.5, 0.6) is 0 Å². The molecule has 0 spiro atoms. The van der Waals surface area contributed by atoms with Crippen molar-refractivity contribution >= 4 is 22.9 Å². The van der Waals surface area contributed by atoms with Crippen LogP contribution in [-0.4, -0.2) is 39.4 Å². The molecule has 90 valence electrons. The summed E-state index contributed by atoms with van der Waals surface area (Å²) in [6.07, 6.45) is 4.52.